The van der Waals surface area contributed by atoms with E-state index in [-0.39, 0.29) is 12.3 Å². The number of ether oxygens (including phenoxy) is 1. The van der Waals surface area contributed by atoms with E-state index in [4.69, 9.17) is 4.74 Å². The van der Waals surface area contributed by atoms with Gasteiger partial charge in [0, 0.05) is 23.3 Å². The van der Waals surface area contributed by atoms with E-state index in [0.717, 1.165) is 4.47 Å². The summed E-state index contributed by atoms with van der Waals surface area (Å²) in [7, 11) is 0. The Morgan fingerprint density at radius 1 is 1.17 bits per heavy atom. The highest BCUT2D eigenvalue weighted by Crippen LogP contribution is 2.33. The fraction of sp³-hybridized carbons (Fsp3) is 0.158. The maximum Gasteiger partial charge on any atom is 0.308 e. The van der Waals surface area contributed by atoms with Gasteiger partial charge in [-0.3, -0.25) is 9.59 Å². The zero-order valence-corrected chi connectivity index (χ0v) is 18.0. The summed E-state index contributed by atoms with van der Waals surface area (Å²) in [4.78, 5) is 32.0. The van der Waals surface area contributed by atoms with Crippen molar-refractivity contribution in [2.75, 3.05) is 5.32 Å². The molecular weight excluding hydrogens is 458 g/mol. The molecule has 0 unspecified atom stereocenters. The molecule has 0 aliphatic rings. The molecule has 0 aliphatic heterocycles. The molecule has 3 rings (SSSR count). The van der Waals surface area contributed by atoms with E-state index in [1.807, 2.05) is 6.07 Å². The van der Waals surface area contributed by atoms with Crippen LogP contribution in [0.4, 0.5) is 10.9 Å². The smallest absolute Gasteiger partial charge is 0.308 e. The van der Waals surface area contributed by atoms with Crippen LogP contribution in [0.15, 0.2) is 52.1 Å². The highest BCUT2D eigenvalue weighted by atomic mass is 79.9. The van der Waals surface area contributed by atoms with Crippen molar-refractivity contribution in [1.82, 2.24) is 15.2 Å². The fourth-order valence-corrected chi connectivity index (χ4v) is 3.36. The number of nitrogens with one attached hydrogen (secondary N) is 1. The number of amides is 1. The van der Waals surface area contributed by atoms with Crippen molar-refractivity contribution in [3.8, 4) is 16.3 Å². The number of hydrogen-bond donors (Lipinski definition) is 1. The van der Waals surface area contributed by atoms with Crippen LogP contribution in [0.1, 0.15) is 20.3 Å². The molecule has 3 aromatic rings. The van der Waals surface area contributed by atoms with Gasteiger partial charge in [0.15, 0.2) is 10.8 Å². The second-order valence-electron chi connectivity index (χ2n) is 5.91. The maximum absolute atomic E-state index is 12.3. The zero-order valence-electron chi connectivity index (χ0n) is 15.5. The van der Waals surface area contributed by atoms with Crippen LogP contribution in [-0.2, 0) is 9.59 Å². The number of esters is 1. The third-order valence-electron chi connectivity index (χ3n) is 3.48. The van der Waals surface area contributed by atoms with E-state index in [0.29, 0.717) is 33.0 Å². The van der Waals surface area contributed by atoms with E-state index in [1.165, 1.54) is 18.3 Å². The van der Waals surface area contributed by atoms with Crippen LogP contribution in [0.3, 0.4) is 0 Å². The molecule has 0 radical (unpaired) electrons. The van der Waals surface area contributed by atoms with Gasteiger partial charge in [0.05, 0.1) is 12.0 Å². The number of hydrogen-bond acceptors (Lipinski definition) is 8. The molecule has 1 amide bonds. The van der Waals surface area contributed by atoms with Crippen molar-refractivity contribution in [2.45, 2.75) is 20.3 Å². The first-order valence-corrected chi connectivity index (χ1v) is 10.1. The average molecular weight is 474 g/mol. The first-order chi connectivity index (χ1) is 13.9. The van der Waals surface area contributed by atoms with E-state index < -0.39 is 5.97 Å². The van der Waals surface area contributed by atoms with E-state index in [2.05, 4.69) is 41.4 Å². The summed E-state index contributed by atoms with van der Waals surface area (Å²) in [5, 5.41) is 11.7. The van der Waals surface area contributed by atoms with E-state index in [1.54, 1.807) is 43.5 Å². The number of rotatable bonds is 6. The standard InChI is InChI=1S/C19H16BrN5O3S/c1-11(22-16-8-7-13(20)10-21-16)9-17(27)23-19-25-24-18(29-19)14-5-3-4-6-15(14)28-12(2)26/h3-8,10H,9H2,1-2H3,(H,23,25,27). The molecule has 148 valence electrons. The summed E-state index contributed by atoms with van der Waals surface area (Å²) in [6.07, 6.45) is 1.74. The third-order valence-corrected chi connectivity index (χ3v) is 4.82. The molecule has 0 aliphatic carbocycles. The number of para-hydroxylation sites is 1. The van der Waals surface area contributed by atoms with Crippen LogP contribution in [0.2, 0.25) is 0 Å². The fourth-order valence-electron chi connectivity index (χ4n) is 2.33. The number of carbonyl (C=O) groups is 2. The molecule has 2 aromatic heterocycles. The lowest BCUT2D eigenvalue weighted by atomic mass is 10.2. The Bertz CT molecular complexity index is 1070. The first kappa shape index (κ1) is 20.7. The van der Waals surface area contributed by atoms with Gasteiger partial charge in [0.25, 0.3) is 0 Å². The second kappa shape index (κ2) is 9.48. The number of pyridine rings is 1. The van der Waals surface area contributed by atoms with Crippen molar-refractivity contribution in [1.29, 1.82) is 0 Å². The van der Waals surface area contributed by atoms with Crippen molar-refractivity contribution in [3.63, 3.8) is 0 Å². The van der Waals surface area contributed by atoms with Gasteiger partial charge in [0.2, 0.25) is 11.0 Å². The van der Waals surface area contributed by atoms with Crippen LogP contribution in [0, 0.1) is 0 Å². The Balaban J connectivity index is 1.66. The average Bonchev–Trinajstić information content (AvgIpc) is 3.11. The van der Waals surface area contributed by atoms with Crippen molar-refractivity contribution >= 4 is 55.8 Å². The molecule has 0 saturated heterocycles. The Morgan fingerprint density at radius 2 is 1.97 bits per heavy atom. The quantitative estimate of drug-likeness (QED) is 0.322. The minimum Gasteiger partial charge on any atom is -0.426 e. The van der Waals surface area contributed by atoms with Crippen molar-refractivity contribution in [3.05, 3.63) is 47.1 Å². The molecule has 0 spiro atoms. The van der Waals surface area contributed by atoms with Gasteiger partial charge in [-0.05, 0) is 47.1 Å². The topological polar surface area (TPSA) is 106 Å². The maximum atomic E-state index is 12.3. The SMILES string of the molecule is CC(=O)Oc1ccccc1-c1nnc(NC(=O)CC(C)=Nc2ccc(Br)cn2)s1. The van der Waals surface area contributed by atoms with E-state index in [9.17, 15) is 9.59 Å². The number of halogens is 1. The molecule has 2 heterocycles. The van der Waals surface area contributed by atoms with Gasteiger partial charge in [-0.2, -0.15) is 0 Å². The largest absolute Gasteiger partial charge is 0.426 e. The van der Waals surface area contributed by atoms with Gasteiger partial charge in [0.1, 0.15) is 5.75 Å². The van der Waals surface area contributed by atoms with Crippen LogP contribution in [0.25, 0.3) is 10.6 Å². The lowest BCUT2D eigenvalue weighted by Crippen LogP contribution is -2.14. The Kier molecular flexibility index (Phi) is 6.78. The Hall–Kier alpha value is -2.98. The number of benzene rings is 1. The number of aromatic nitrogens is 3. The molecule has 0 bridgehead atoms. The molecule has 1 N–H and O–H groups in total. The van der Waals surface area contributed by atoms with Crippen molar-refractivity contribution in [2.24, 2.45) is 4.99 Å². The second-order valence-corrected chi connectivity index (χ2v) is 7.80. The number of nitrogens with zero attached hydrogens (tertiary/aromatic N) is 4. The molecule has 8 nitrogen and oxygen atoms in total. The normalized spacial score (nSPS) is 11.2. The van der Waals surface area contributed by atoms with Crippen LogP contribution >= 0.6 is 27.3 Å². The van der Waals surface area contributed by atoms with Crippen LogP contribution in [-0.4, -0.2) is 32.8 Å². The summed E-state index contributed by atoms with van der Waals surface area (Å²) < 4.78 is 6.05. The number of carbonyl (C=O) groups excluding carboxylic acids is 2. The van der Waals surface area contributed by atoms with Crippen molar-refractivity contribution < 1.29 is 14.3 Å². The van der Waals surface area contributed by atoms with Gasteiger partial charge >= 0.3 is 5.97 Å². The predicted molar refractivity (Wildman–Crippen MR) is 115 cm³/mol. The Morgan fingerprint density at radius 3 is 2.69 bits per heavy atom. The van der Waals surface area contributed by atoms with Crippen LogP contribution in [0.5, 0.6) is 5.75 Å². The number of aliphatic imine (C=N–C) groups is 1. The minimum absolute atomic E-state index is 0.0939. The molecule has 10 heteroatoms. The Labute approximate surface area is 179 Å². The third kappa shape index (κ3) is 6.00. The summed E-state index contributed by atoms with van der Waals surface area (Å²) in [6, 6.07) is 10.6. The highest BCUT2D eigenvalue weighted by molar-refractivity contribution is 9.10. The molecule has 0 fully saturated rings. The minimum atomic E-state index is -0.425. The molecule has 0 saturated carbocycles. The predicted octanol–water partition coefficient (Wildman–Crippen LogP) is 4.41. The molecule has 1 aromatic carbocycles. The number of anilines is 1. The summed E-state index contributed by atoms with van der Waals surface area (Å²) in [5.74, 6) is 0.225. The summed E-state index contributed by atoms with van der Waals surface area (Å²) >= 11 is 4.50. The van der Waals surface area contributed by atoms with E-state index >= 15 is 0 Å². The van der Waals surface area contributed by atoms with Gasteiger partial charge in [-0.25, -0.2) is 9.98 Å². The molecule has 29 heavy (non-hydrogen) atoms. The van der Waals surface area contributed by atoms with Gasteiger partial charge in [-0.1, -0.05) is 23.5 Å². The highest BCUT2D eigenvalue weighted by Gasteiger charge is 2.14. The first-order valence-electron chi connectivity index (χ1n) is 8.47. The zero-order chi connectivity index (χ0) is 20.8. The van der Waals surface area contributed by atoms with Gasteiger partial charge in [-0.15, -0.1) is 10.2 Å². The van der Waals surface area contributed by atoms with Crippen LogP contribution < -0.4 is 10.1 Å². The molecule has 0 atom stereocenters. The monoisotopic (exact) mass is 473 g/mol. The molecular formula is C19H16BrN5O3S. The lowest BCUT2D eigenvalue weighted by Gasteiger charge is -2.05. The lowest BCUT2D eigenvalue weighted by molar-refractivity contribution is -0.131. The summed E-state index contributed by atoms with van der Waals surface area (Å²) in [5.41, 5.74) is 1.24. The summed E-state index contributed by atoms with van der Waals surface area (Å²) in [6.45, 7) is 3.08. The van der Waals surface area contributed by atoms with Gasteiger partial charge < -0.3 is 10.1 Å².